The Morgan fingerprint density at radius 1 is 0.744 bits per heavy atom. The van der Waals surface area contributed by atoms with Gasteiger partial charge in [0.1, 0.15) is 11.5 Å². The number of nitrogens with one attached hydrogen (secondary N) is 1. The fourth-order valence-corrected chi connectivity index (χ4v) is 2.59. The molecule has 0 fully saturated rings. The van der Waals surface area contributed by atoms with E-state index in [4.69, 9.17) is 5.84 Å². The van der Waals surface area contributed by atoms with Gasteiger partial charge in [-0.3, -0.25) is 15.0 Å². The molecule has 4 aromatic rings. The molecule has 0 atom stereocenters. The third kappa shape index (κ3) is 8.52. The van der Waals surface area contributed by atoms with Crippen molar-refractivity contribution in [3.8, 4) is 34.3 Å². The number of alkyl halides is 6. The lowest BCUT2D eigenvalue weighted by atomic mass is 10.2. The first-order chi connectivity index (χ1) is 18.2. The molecule has 0 spiro atoms. The number of Topliss-reactive ketones (excluding diaryl/α,β-unsaturated/α-hetero) is 1. The summed E-state index contributed by atoms with van der Waals surface area (Å²) < 4.78 is 88.5. The van der Waals surface area contributed by atoms with Crippen molar-refractivity contribution in [2.75, 3.05) is 0 Å². The van der Waals surface area contributed by atoms with E-state index in [0.717, 1.165) is 24.3 Å². The minimum absolute atomic E-state index is 0.0298. The molecule has 0 saturated carbocycles. The quantitative estimate of drug-likeness (QED) is 0.115. The van der Waals surface area contributed by atoms with Crippen molar-refractivity contribution >= 4 is 11.7 Å². The summed E-state index contributed by atoms with van der Waals surface area (Å²) in [5.41, 5.74) is 2.56. The number of aromatic nitrogens is 4. The van der Waals surface area contributed by atoms with Crippen LogP contribution in [0.25, 0.3) is 22.8 Å². The van der Waals surface area contributed by atoms with Crippen molar-refractivity contribution in [3.63, 3.8) is 0 Å². The van der Waals surface area contributed by atoms with Crippen LogP contribution in [0.1, 0.15) is 28.3 Å². The van der Waals surface area contributed by atoms with E-state index < -0.39 is 24.4 Å². The molecule has 0 radical (unpaired) electrons. The molecule has 12 nitrogen and oxygen atoms in total. The summed E-state index contributed by atoms with van der Waals surface area (Å²) in [6, 6.07) is 9.64. The van der Waals surface area contributed by atoms with Crippen molar-refractivity contribution in [1.82, 2.24) is 25.7 Å². The fraction of sp³-hybridized carbons (Fsp3) is 0.143. The molecule has 0 aliphatic carbocycles. The number of carbonyl (C=O) groups excluding carboxylic acids is 2. The number of benzene rings is 2. The largest absolute Gasteiger partial charge is 0.573 e. The predicted molar refractivity (Wildman–Crippen MR) is 114 cm³/mol. The Kier molecular flexibility index (Phi) is 8.49. The van der Waals surface area contributed by atoms with Gasteiger partial charge >= 0.3 is 24.5 Å². The number of ether oxygens (including phenoxy) is 2. The first-order valence-corrected chi connectivity index (χ1v) is 10.2. The van der Waals surface area contributed by atoms with Crippen molar-refractivity contribution in [1.29, 1.82) is 0 Å². The van der Waals surface area contributed by atoms with Crippen LogP contribution in [0.3, 0.4) is 0 Å². The summed E-state index contributed by atoms with van der Waals surface area (Å²) in [7, 11) is 0. The van der Waals surface area contributed by atoms with Gasteiger partial charge in [-0.25, -0.2) is 5.84 Å². The minimum atomic E-state index is -4.76. The highest BCUT2D eigenvalue weighted by Crippen LogP contribution is 2.26. The van der Waals surface area contributed by atoms with Gasteiger partial charge in [-0.2, -0.15) is 9.97 Å². The number of hydrazine groups is 1. The monoisotopic (exact) mass is 560 g/mol. The van der Waals surface area contributed by atoms with E-state index in [1.54, 1.807) is 5.43 Å². The lowest BCUT2D eigenvalue weighted by Crippen LogP contribution is -2.30. The first kappa shape index (κ1) is 28.6. The molecule has 0 unspecified atom stereocenters. The van der Waals surface area contributed by atoms with E-state index in [-0.39, 0.29) is 34.9 Å². The van der Waals surface area contributed by atoms with Gasteiger partial charge in [0.2, 0.25) is 17.4 Å². The van der Waals surface area contributed by atoms with Crippen molar-refractivity contribution in [2.45, 2.75) is 19.6 Å². The summed E-state index contributed by atoms with van der Waals surface area (Å²) >= 11 is 0. The standard InChI is InChI=1S/C11H7F3N2O3.C10H7F3N4O3/c1-6(17)10-15-9(16-19-10)7-2-4-8(5-3-7)18-11(12,13)14;11-10(12,13)19-6-3-1-5(2-4-6)7-15-9(20-17-7)8(18)16-14/h2-5H,1H3;1-4H,14H2,(H,16,18). The van der Waals surface area contributed by atoms with Crippen LogP contribution < -0.4 is 20.7 Å². The summed E-state index contributed by atoms with van der Waals surface area (Å²) in [5.74, 6) is 2.59. The number of halogens is 6. The van der Waals surface area contributed by atoms with E-state index in [1.807, 2.05) is 0 Å². The molecule has 2 aromatic carbocycles. The second kappa shape index (κ2) is 11.6. The first-order valence-electron chi connectivity index (χ1n) is 10.2. The van der Waals surface area contributed by atoms with Gasteiger partial charge in [-0.05, 0) is 48.5 Å². The summed E-state index contributed by atoms with van der Waals surface area (Å²) in [6.07, 6.45) is -9.50. The number of carbonyl (C=O) groups is 2. The summed E-state index contributed by atoms with van der Waals surface area (Å²) in [6.45, 7) is 1.26. The zero-order valence-corrected chi connectivity index (χ0v) is 19.2. The third-order valence-corrected chi connectivity index (χ3v) is 4.17. The van der Waals surface area contributed by atoms with Crippen molar-refractivity contribution in [3.05, 3.63) is 60.3 Å². The highest BCUT2D eigenvalue weighted by Gasteiger charge is 2.31. The van der Waals surface area contributed by atoms with Crippen LogP contribution >= 0.6 is 0 Å². The molecule has 3 N–H and O–H groups in total. The van der Waals surface area contributed by atoms with Crippen LogP contribution in [0.4, 0.5) is 26.3 Å². The smallest absolute Gasteiger partial charge is 0.406 e. The SMILES string of the molecule is CC(=O)c1nc(-c2ccc(OC(F)(F)F)cc2)no1.NNC(=O)c1nc(-c2ccc(OC(F)(F)F)cc2)no1. The topological polar surface area (TPSA) is 168 Å². The molecule has 206 valence electrons. The highest BCUT2D eigenvalue weighted by molar-refractivity contribution is 5.90. The number of amides is 1. The van der Waals surface area contributed by atoms with Crippen LogP contribution in [-0.2, 0) is 0 Å². The molecule has 2 aromatic heterocycles. The maximum atomic E-state index is 12.0. The van der Waals surface area contributed by atoms with Gasteiger partial charge in [-0.1, -0.05) is 10.3 Å². The lowest BCUT2D eigenvalue weighted by molar-refractivity contribution is -0.275. The molecular formula is C21H14F6N6O6. The Morgan fingerprint density at radius 3 is 1.46 bits per heavy atom. The molecule has 0 saturated heterocycles. The maximum Gasteiger partial charge on any atom is 0.573 e. The van der Waals surface area contributed by atoms with Gasteiger partial charge < -0.3 is 18.5 Å². The third-order valence-electron chi connectivity index (χ3n) is 4.17. The number of hydrogen-bond donors (Lipinski definition) is 2. The fourth-order valence-electron chi connectivity index (χ4n) is 2.59. The minimum Gasteiger partial charge on any atom is -0.406 e. The van der Waals surface area contributed by atoms with Crippen LogP contribution in [-0.4, -0.2) is 44.7 Å². The summed E-state index contributed by atoms with van der Waals surface area (Å²) in [4.78, 5) is 29.6. The van der Waals surface area contributed by atoms with Crippen molar-refractivity contribution < 1.29 is 54.5 Å². The number of nitrogen functional groups attached to an aromatic ring is 1. The second-order valence-electron chi connectivity index (χ2n) is 7.02. The second-order valence-corrected chi connectivity index (χ2v) is 7.02. The molecule has 18 heteroatoms. The van der Waals surface area contributed by atoms with E-state index in [1.165, 1.54) is 31.2 Å². The van der Waals surface area contributed by atoms with E-state index in [0.29, 0.717) is 11.1 Å². The molecular weight excluding hydrogens is 546 g/mol. The molecule has 4 rings (SSSR count). The van der Waals surface area contributed by atoms with Crippen LogP contribution in [0, 0.1) is 0 Å². The van der Waals surface area contributed by atoms with Crippen LogP contribution in [0.2, 0.25) is 0 Å². The Balaban J connectivity index is 0.000000216. The zero-order valence-electron chi connectivity index (χ0n) is 19.2. The number of nitrogens with zero attached hydrogens (tertiary/aromatic N) is 4. The predicted octanol–water partition coefficient (Wildman–Crippen LogP) is 4.08. The van der Waals surface area contributed by atoms with Crippen molar-refractivity contribution in [2.24, 2.45) is 5.84 Å². The molecule has 0 aliphatic rings. The molecule has 0 aliphatic heterocycles. The summed E-state index contributed by atoms with van der Waals surface area (Å²) in [5, 5.41) is 7.04. The Labute approximate surface area is 212 Å². The van der Waals surface area contributed by atoms with E-state index in [2.05, 4.69) is 38.8 Å². The average Bonchev–Trinajstić information content (AvgIpc) is 3.54. The van der Waals surface area contributed by atoms with Gasteiger partial charge in [0, 0.05) is 18.1 Å². The van der Waals surface area contributed by atoms with Gasteiger partial charge in [0.25, 0.3) is 5.89 Å². The maximum absolute atomic E-state index is 12.0. The number of rotatable bonds is 6. The van der Waals surface area contributed by atoms with Gasteiger partial charge in [0.15, 0.2) is 0 Å². The van der Waals surface area contributed by atoms with E-state index in [9.17, 15) is 35.9 Å². The molecule has 0 bridgehead atoms. The normalized spacial score (nSPS) is 11.3. The van der Waals surface area contributed by atoms with Crippen LogP contribution in [0.5, 0.6) is 11.5 Å². The Hall–Kier alpha value is -5.00. The van der Waals surface area contributed by atoms with E-state index >= 15 is 0 Å². The number of hydrogen-bond acceptors (Lipinski definition) is 11. The zero-order chi connectivity index (χ0) is 28.8. The number of ketones is 1. The van der Waals surface area contributed by atoms with Gasteiger partial charge in [0.05, 0.1) is 0 Å². The van der Waals surface area contributed by atoms with Crippen LogP contribution in [0.15, 0.2) is 57.6 Å². The average molecular weight is 560 g/mol. The molecule has 2 heterocycles. The lowest BCUT2D eigenvalue weighted by Gasteiger charge is -2.08. The number of nitrogens with two attached hydrogens (primary N) is 1. The molecule has 1 amide bonds. The highest BCUT2D eigenvalue weighted by atomic mass is 19.4. The Bertz CT molecular complexity index is 1420. The molecule has 39 heavy (non-hydrogen) atoms. The van der Waals surface area contributed by atoms with Gasteiger partial charge in [-0.15, -0.1) is 26.3 Å². The Morgan fingerprint density at radius 2 is 1.13 bits per heavy atom.